The van der Waals surface area contributed by atoms with E-state index in [9.17, 15) is 13.2 Å². The summed E-state index contributed by atoms with van der Waals surface area (Å²) in [6.07, 6.45) is 6.10. The van der Waals surface area contributed by atoms with Gasteiger partial charge in [0.15, 0.2) is 5.11 Å². The van der Waals surface area contributed by atoms with E-state index in [4.69, 9.17) is 17.0 Å². The van der Waals surface area contributed by atoms with Gasteiger partial charge in [0.25, 0.3) is 0 Å². The Kier molecular flexibility index (Phi) is 9.96. The molecular weight excluding hydrogens is 446 g/mol. The average Bonchev–Trinajstić information content (AvgIpc) is 2.74. The highest BCUT2D eigenvalue weighted by Gasteiger charge is 2.33. The van der Waals surface area contributed by atoms with E-state index in [2.05, 4.69) is 17.0 Å². The molecule has 2 N–H and O–H groups in total. The second kappa shape index (κ2) is 12.2. The molecule has 32 heavy (non-hydrogen) atoms. The van der Waals surface area contributed by atoms with Crippen molar-refractivity contribution in [3.63, 3.8) is 0 Å². The third kappa shape index (κ3) is 7.20. The molecule has 2 rings (SSSR count). The summed E-state index contributed by atoms with van der Waals surface area (Å²) in [7, 11) is -1.67. The van der Waals surface area contributed by atoms with Crippen LogP contribution in [0.5, 0.6) is 0 Å². The first-order chi connectivity index (χ1) is 15.2. The zero-order chi connectivity index (χ0) is 23.7. The van der Waals surface area contributed by atoms with Crippen molar-refractivity contribution in [2.45, 2.75) is 65.3 Å². The highest BCUT2D eigenvalue weighted by Crippen LogP contribution is 2.32. The first-order valence-corrected chi connectivity index (χ1v) is 13.3. The number of esters is 1. The number of benzene rings is 1. The Labute approximate surface area is 197 Å². The molecule has 0 saturated heterocycles. The van der Waals surface area contributed by atoms with E-state index in [0.717, 1.165) is 24.8 Å². The van der Waals surface area contributed by atoms with Crippen LogP contribution >= 0.6 is 12.2 Å². The minimum atomic E-state index is -3.45. The van der Waals surface area contributed by atoms with Gasteiger partial charge in [-0.05, 0) is 50.2 Å². The fourth-order valence-electron chi connectivity index (χ4n) is 3.64. The van der Waals surface area contributed by atoms with E-state index in [1.807, 2.05) is 13.0 Å². The number of sulfonamides is 1. The number of allylic oxidation sites excluding steroid dienone is 1. The van der Waals surface area contributed by atoms with Crippen molar-refractivity contribution >= 4 is 39.0 Å². The number of thiocarbonyl (C=S) groups is 1. The number of rotatable bonds is 12. The van der Waals surface area contributed by atoms with Crippen molar-refractivity contribution in [1.82, 2.24) is 10.2 Å². The lowest BCUT2D eigenvalue weighted by Gasteiger charge is -2.35. The van der Waals surface area contributed by atoms with E-state index in [1.165, 1.54) is 12.8 Å². The lowest BCUT2D eigenvalue weighted by Crippen LogP contribution is -2.46. The number of ether oxygens (including phenoxy) is 1. The number of nitrogens with one attached hydrogen (secondary N) is 2. The van der Waals surface area contributed by atoms with Crippen LogP contribution in [0.4, 0.5) is 5.69 Å². The lowest BCUT2D eigenvalue weighted by atomic mass is 9.95. The Bertz CT molecular complexity index is 944. The predicted octanol–water partition coefficient (Wildman–Crippen LogP) is 4.49. The van der Waals surface area contributed by atoms with Gasteiger partial charge in [0.2, 0.25) is 10.0 Å². The fraction of sp³-hybridized carbons (Fsp3) is 0.565. The summed E-state index contributed by atoms with van der Waals surface area (Å²) in [4.78, 5) is 14.4. The van der Waals surface area contributed by atoms with Gasteiger partial charge < -0.3 is 15.0 Å². The van der Waals surface area contributed by atoms with Crippen LogP contribution in [0.3, 0.4) is 0 Å². The van der Waals surface area contributed by atoms with E-state index in [0.29, 0.717) is 28.5 Å². The first-order valence-electron chi connectivity index (χ1n) is 11.2. The van der Waals surface area contributed by atoms with Gasteiger partial charge in [-0.3, -0.25) is 4.72 Å². The van der Waals surface area contributed by atoms with Crippen LogP contribution in [0.1, 0.15) is 70.9 Å². The Morgan fingerprint density at radius 1 is 1.19 bits per heavy atom. The van der Waals surface area contributed by atoms with Gasteiger partial charge in [-0.1, -0.05) is 51.2 Å². The van der Waals surface area contributed by atoms with E-state index < -0.39 is 22.0 Å². The summed E-state index contributed by atoms with van der Waals surface area (Å²) in [5, 5.41) is 3.65. The SMILES string of the molecule is CCCCCCCCS(=O)(=O)Nc1cccc(C2NC(=S)N(C)C(C)=C2C(=O)OCC)c1. The number of nitrogens with zero attached hydrogens (tertiary/aromatic N) is 1. The molecule has 0 aromatic heterocycles. The Morgan fingerprint density at radius 2 is 1.88 bits per heavy atom. The van der Waals surface area contributed by atoms with Crippen LogP contribution in [-0.4, -0.2) is 43.8 Å². The minimum Gasteiger partial charge on any atom is -0.463 e. The van der Waals surface area contributed by atoms with Crippen molar-refractivity contribution in [3.8, 4) is 0 Å². The smallest absolute Gasteiger partial charge is 0.338 e. The van der Waals surface area contributed by atoms with Gasteiger partial charge >= 0.3 is 5.97 Å². The van der Waals surface area contributed by atoms with Gasteiger partial charge in [0, 0.05) is 18.4 Å². The van der Waals surface area contributed by atoms with Crippen LogP contribution in [0.15, 0.2) is 35.5 Å². The second-order valence-electron chi connectivity index (χ2n) is 7.98. The average molecular weight is 482 g/mol. The van der Waals surface area contributed by atoms with Crippen molar-refractivity contribution < 1.29 is 17.9 Å². The molecule has 0 spiro atoms. The molecule has 1 aromatic rings. The molecular formula is C23H35N3O4S2. The molecule has 0 amide bonds. The van der Waals surface area contributed by atoms with E-state index in [1.54, 1.807) is 37.1 Å². The second-order valence-corrected chi connectivity index (χ2v) is 10.2. The zero-order valence-corrected chi connectivity index (χ0v) is 21.1. The van der Waals surface area contributed by atoms with Crippen LogP contribution < -0.4 is 10.0 Å². The monoisotopic (exact) mass is 481 g/mol. The van der Waals surface area contributed by atoms with Gasteiger partial charge in [0.05, 0.1) is 24.0 Å². The standard InChI is InChI=1S/C23H35N3O4S2/c1-5-7-8-9-10-11-15-32(28,29)25-19-14-12-13-18(16-19)21-20(22(27)30-6-2)17(3)26(4)23(31)24-21/h12-14,16,21,25H,5-11,15H2,1-4H3,(H,24,31). The molecule has 178 valence electrons. The van der Waals surface area contributed by atoms with Gasteiger partial charge in [-0.2, -0.15) is 0 Å². The third-order valence-corrected chi connectivity index (χ3v) is 7.27. The minimum absolute atomic E-state index is 0.0903. The summed E-state index contributed by atoms with van der Waals surface area (Å²) >= 11 is 5.41. The molecule has 7 nitrogen and oxygen atoms in total. The molecule has 1 aromatic carbocycles. The molecule has 1 unspecified atom stereocenters. The van der Waals surface area contributed by atoms with Crippen LogP contribution in [0.25, 0.3) is 0 Å². The predicted molar refractivity (Wildman–Crippen MR) is 133 cm³/mol. The number of hydrogen-bond donors (Lipinski definition) is 2. The summed E-state index contributed by atoms with van der Waals surface area (Å²) in [6, 6.07) is 6.51. The number of carbonyl (C=O) groups excluding carboxylic acids is 1. The molecule has 0 saturated carbocycles. The summed E-state index contributed by atoms with van der Waals surface area (Å²) < 4.78 is 33.0. The Morgan fingerprint density at radius 3 is 2.56 bits per heavy atom. The highest BCUT2D eigenvalue weighted by molar-refractivity contribution is 7.92. The van der Waals surface area contributed by atoms with E-state index >= 15 is 0 Å². The molecule has 1 aliphatic heterocycles. The molecule has 0 radical (unpaired) electrons. The number of anilines is 1. The van der Waals surface area contributed by atoms with E-state index in [-0.39, 0.29) is 12.4 Å². The summed E-state index contributed by atoms with van der Waals surface area (Å²) in [5.74, 6) is -0.335. The molecule has 0 aliphatic carbocycles. The maximum absolute atomic E-state index is 12.7. The topological polar surface area (TPSA) is 87.7 Å². The largest absolute Gasteiger partial charge is 0.463 e. The summed E-state index contributed by atoms with van der Waals surface area (Å²) in [5.41, 5.74) is 2.34. The zero-order valence-electron chi connectivity index (χ0n) is 19.4. The molecule has 0 fully saturated rings. The van der Waals surface area contributed by atoms with Gasteiger partial charge in [0.1, 0.15) is 0 Å². The molecule has 0 bridgehead atoms. The summed E-state index contributed by atoms with van der Waals surface area (Å²) in [6.45, 7) is 5.99. The first kappa shape index (κ1) is 26.1. The number of hydrogen-bond acceptors (Lipinski definition) is 5. The van der Waals surface area contributed by atoms with Crippen molar-refractivity contribution in [2.75, 3.05) is 24.1 Å². The van der Waals surface area contributed by atoms with Crippen molar-refractivity contribution in [1.29, 1.82) is 0 Å². The van der Waals surface area contributed by atoms with Crippen LogP contribution in [0, 0.1) is 0 Å². The fourth-order valence-corrected chi connectivity index (χ4v) is 5.07. The van der Waals surface area contributed by atoms with Gasteiger partial charge in [-0.15, -0.1) is 0 Å². The van der Waals surface area contributed by atoms with Crippen molar-refractivity contribution in [3.05, 3.63) is 41.1 Å². The van der Waals surface area contributed by atoms with Crippen molar-refractivity contribution in [2.24, 2.45) is 0 Å². The molecule has 1 atom stereocenters. The molecule has 1 heterocycles. The van der Waals surface area contributed by atoms with Crippen LogP contribution in [-0.2, 0) is 19.6 Å². The normalized spacial score (nSPS) is 16.7. The molecule has 9 heteroatoms. The number of carbonyl (C=O) groups is 1. The highest BCUT2D eigenvalue weighted by atomic mass is 32.2. The van der Waals surface area contributed by atoms with Crippen LogP contribution in [0.2, 0.25) is 0 Å². The maximum Gasteiger partial charge on any atom is 0.338 e. The number of unbranched alkanes of at least 4 members (excludes halogenated alkanes) is 5. The Hall–Kier alpha value is -2.13. The maximum atomic E-state index is 12.7. The lowest BCUT2D eigenvalue weighted by molar-refractivity contribution is -0.139. The molecule has 1 aliphatic rings. The van der Waals surface area contributed by atoms with Gasteiger partial charge in [-0.25, -0.2) is 13.2 Å². The Balaban J connectivity index is 2.17. The third-order valence-electron chi connectivity index (χ3n) is 5.51. The quantitative estimate of drug-likeness (QED) is 0.258.